The predicted octanol–water partition coefficient (Wildman–Crippen LogP) is 4.16. The quantitative estimate of drug-likeness (QED) is 0.416. The molecule has 0 heterocycles. The van der Waals surface area contributed by atoms with Crippen LogP contribution in [0.2, 0.25) is 0 Å². The van der Waals surface area contributed by atoms with E-state index in [0.717, 1.165) is 12.0 Å². The molecule has 3 aromatic carbocycles. The van der Waals surface area contributed by atoms with Gasteiger partial charge in [0.2, 0.25) is 0 Å². The van der Waals surface area contributed by atoms with Crippen LogP contribution in [0.25, 0.3) is 4.85 Å². The fraction of sp³-hybridized carbons (Fsp3) is 0.0714. The Labute approximate surface area is 196 Å². The molecule has 0 bridgehead atoms. The van der Waals surface area contributed by atoms with Gasteiger partial charge in [0.25, 0.3) is 0 Å². The van der Waals surface area contributed by atoms with E-state index in [9.17, 15) is 15.8 Å². The number of benzene rings is 3. The van der Waals surface area contributed by atoms with Crippen LogP contribution >= 0.6 is 0 Å². The van der Waals surface area contributed by atoms with Crippen molar-refractivity contribution in [3.8, 4) is 18.2 Å². The molecule has 0 aromatic heterocycles. The molecule has 4 nitrogen and oxygen atoms in total. The van der Waals surface area contributed by atoms with Gasteiger partial charge in [-0.25, -0.2) is 0 Å². The average molecular weight is 480 g/mol. The molecule has 0 aliphatic heterocycles. The van der Waals surface area contributed by atoms with Crippen LogP contribution in [-0.2, 0) is 0 Å². The maximum atomic E-state index is 9.38. The minimum absolute atomic E-state index is 0.585. The third kappa shape index (κ3) is 4.00. The number of allylic oxidation sites excluding steroid dienone is 4. The van der Waals surface area contributed by atoms with E-state index in [2.05, 4.69) is 65.5 Å². The molecular formula is C28H18GaN4-. The van der Waals surface area contributed by atoms with Crippen molar-refractivity contribution in [3.63, 3.8) is 0 Å². The maximum absolute atomic E-state index is 9.38. The van der Waals surface area contributed by atoms with Crippen molar-refractivity contribution in [1.82, 2.24) is 0 Å². The van der Waals surface area contributed by atoms with Crippen LogP contribution in [0, 0.1) is 40.6 Å². The van der Waals surface area contributed by atoms with Gasteiger partial charge in [0, 0.05) is 0 Å². The summed E-state index contributed by atoms with van der Waals surface area (Å²) < 4.78 is 4.84. The van der Waals surface area contributed by atoms with Crippen molar-refractivity contribution < 1.29 is 0 Å². The molecule has 0 saturated heterocycles. The van der Waals surface area contributed by atoms with Gasteiger partial charge in [0.15, 0.2) is 0 Å². The van der Waals surface area contributed by atoms with Crippen LogP contribution in [0.15, 0.2) is 94.6 Å². The summed E-state index contributed by atoms with van der Waals surface area (Å²) in [7, 11) is 0. The summed E-state index contributed by atoms with van der Waals surface area (Å²) in [6, 6.07) is 30.2. The molecule has 0 atom stereocenters. The first-order valence-electron chi connectivity index (χ1n) is 10.6. The molecule has 4 rings (SSSR count). The van der Waals surface area contributed by atoms with Crippen LogP contribution in [0.3, 0.4) is 0 Å². The van der Waals surface area contributed by atoms with Crippen molar-refractivity contribution >= 4 is 33.1 Å². The summed E-state index contributed by atoms with van der Waals surface area (Å²) in [6.45, 7) is 7.36. The van der Waals surface area contributed by atoms with Crippen LogP contribution in [0.1, 0.15) is 24.0 Å². The molecule has 33 heavy (non-hydrogen) atoms. The van der Waals surface area contributed by atoms with Gasteiger partial charge in [-0.1, -0.05) is 0 Å². The molecule has 0 fully saturated rings. The van der Waals surface area contributed by atoms with E-state index in [1.807, 2.05) is 42.5 Å². The fourth-order valence-electron chi connectivity index (χ4n) is 4.86. The number of rotatable bonds is 4. The Bertz CT molecular complexity index is 1280. The summed E-state index contributed by atoms with van der Waals surface area (Å²) in [6.07, 6.45) is 5.49. The Kier molecular flexibility index (Phi) is 6.30. The van der Waals surface area contributed by atoms with Crippen molar-refractivity contribution in [2.45, 2.75) is 12.8 Å². The zero-order valence-corrected chi connectivity index (χ0v) is 20.3. The summed E-state index contributed by atoms with van der Waals surface area (Å²) in [5.74, 6) is 0. The summed E-state index contributed by atoms with van der Waals surface area (Å²) in [5, 5.41) is 28.1. The van der Waals surface area contributed by atoms with Crippen LogP contribution in [-0.4, -0.2) is 15.0 Å². The van der Waals surface area contributed by atoms with Gasteiger partial charge in [0.05, 0.1) is 0 Å². The number of nitriles is 3. The van der Waals surface area contributed by atoms with Gasteiger partial charge in [-0.15, -0.1) is 0 Å². The fourth-order valence-corrected chi connectivity index (χ4v) is 16.8. The zero-order valence-electron chi connectivity index (χ0n) is 17.9. The Morgan fingerprint density at radius 1 is 0.636 bits per heavy atom. The molecule has 3 aromatic rings. The van der Waals surface area contributed by atoms with Gasteiger partial charge in [-0.3, -0.25) is 0 Å². The predicted molar refractivity (Wildman–Crippen MR) is 131 cm³/mol. The standard InChI is InChI=1S/C7H4N.C7H6N.2C7H4N.Ga/c1-8-7-5-3-2-4-6-7;3*8-6-7-4-2-1-3-5-7;/h3-6H;2,4H,3,5H2;2*2-5H;/q;;;;-1. The Balaban J connectivity index is 2.08. The molecule has 0 N–H and O–H groups in total. The molecule has 0 saturated carbocycles. The van der Waals surface area contributed by atoms with Crippen LogP contribution in [0.4, 0.5) is 5.69 Å². The van der Waals surface area contributed by atoms with E-state index in [4.69, 9.17) is 6.57 Å². The number of hydrogen-bond donors (Lipinski definition) is 0. The van der Waals surface area contributed by atoms with E-state index in [1.165, 1.54) is 16.5 Å². The monoisotopic (exact) mass is 479 g/mol. The second-order valence-electron chi connectivity index (χ2n) is 8.08. The Morgan fingerprint density at radius 3 is 1.48 bits per heavy atom. The second-order valence-corrected chi connectivity index (χ2v) is 17.5. The third-order valence-electron chi connectivity index (χ3n) is 6.48. The van der Waals surface area contributed by atoms with Gasteiger partial charge >= 0.3 is 197 Å². The van der Waals surface area contributed by atoms with E-state index < -0.39 is 15.0 Å². The molecule has 0 unspecified atom stereocenters. The van der Waals surface area contributed by atoms with Gasteiger partial charge in [0.1, 0.15) is 0 Å². The van der Waals surface area contributed by atoms with Crippen molar-refractivity contribution in [1.29, 1.82) is 15.8 Å². The molecular weight excluding hydrogens is 462 g/mol. The SMILES string of the molecule is [C-]#[N+]c1cc[c]([Ga-]([C]2=CC=C(C#N)CC2)([c]2ccc(C#N)cc2)[c]2ccc(C#N)cc2)cc1. The first-order valence-corrected chi connectivity index (χ1v) is 15.4. The van der Waals surface area contributed by atoms with E-state index >= 15 is 0 Å². The Morgan fingerprint density at radius 2 is 1.12 bits per heavy atom. The molecule has 0 radical (unpaired) electrons. The molecule has 0 spiro atoms. The zero-order chi connectivity index (χ0) is 23.3. The molecule has 1 aliphatic carbocycles. The summed E-state index contributed by atoms with van der Waals surface area (Å²) >= 11 is -3.75. The van der Waals surface area contributed by atoms with E-state index in [-0.39, 0.29) is 0 Å². The molecule has 1 aliphatic rings. The minimum atomic E-state index is -3.75. The normalized spacial score (nSPS) is 12.8. The van der Waals surface area contributed by atoms with Crippen molar-refractivity contribution in [2.24, 2.45) is 0 Å². The van der Waals surface area contributed by atoms with E-state index in [0.29, 0.717) is 23.2 Å². The van der Waals surface area contributed by atoms with Crippen molar-refractivity contribution in [3.05, 3.63) is 117 Å². The summed E-state index contributed by atoms with van der Waals surface area (Å²) in [4.78, 5) is 3.56. The van der Waals surface area contributed by atoms with Crippen molar-refractivity contribution in [2.75, 3.05) is 0 Å². The molecule has 0 amide bonds. The van der Waals surface area contributed by atoms with E-state index in [1.54, 1.807) is 0 Å². The van der Waals surface area contributed by atoms with Crippen LogP contribution < -0.4 is 12.4 Å². The average Bonchev–Trinajstić information content (AvgIpc) is 2.90. The first kappa shape index (κ1) is 21.9. The van der Waals surface area contributed by atoms with Crippen LogP contribution in [0.5, 0.6) is 0 Å². The third-order valence-corrected chi connectivity index (χ3v) is 18.5. The topological polar surface area (TPSA) is 75.7 Å². The van der Waals surface area contributed by atoms with Gasteiger partial charge in [-0.2, -0.15) is 0 Å². The number of hydrogen-bond acceptors (Lipinski definition) is 3. The Hall–Kier alpha value is -4.26. The van der Waals surface area contributed by atoms with Gasteiger partial charge in [-0.05, 0) is 0 Å². The molecule has 154 valence electrons. The first-order chi connectivity index (χ1) is 16.1. The second kappa shape index (κ2) is 9.48. The van der Waals surface area contributed by atoms with Gasteiger partial charge < -0.3 is 0 Å². The number of nitrogens with zero attached hydrogens (tertiary/aromatic N) is 4. The molecule has 5 heteroatoms. The summed E-state index contributed by atoms with van der Waals surface area (Å²) in [5.41, 5.74) is 2.55.